The number of hydrogen-bond acceptors (Lipinski definition) is 5. The Labute approximate surface area is 110 Å². The number of rotatable bonds is 1. The van der Waals surface area contributed by atoms with E-state index in [1.54, 1.807) is 0 Å². The van der Waals surface area contributed by atoms with E-state index in [-0.39, 0.29) is 0 Å². The van der Waals surface area contributed by atoms with Gasteiger partial charge in [-0.3, -0.25) is 0 Å². The number of nitrogens with two attached hydrogens (primary N) is 2. The molecule has 19 heavy (non-hydrogen) atoms. The SMILES string of the molecule is NN=C1C=CC2=CC(C3=CCC(=NN)C=C3)=NC2=C1. The number of nitrogens with zero attached hydrogens (tertiary/aromatic N) is 3. The van der Waals surface area contributed by atoms with Gasteiger partial charge in [-0.2, -0.15) is 10.2 Å². The molecule has 2 aliphatic carbocycles. The average Bonchev–Trinajstić information content (AvgIpc) is 2.90. The summed E-state index contributed by atoms with van der Waals surface area (Å²) < 4.78 is 0. The molecule has 0 atom stereocenters. The van der Waals surface area contributed by atoms with Crippen LogP contribution < -0.4 is 11.7 Å². The molecular formula is C14H13N5. The Morgan fingerprint density at radius 1 is 0.947 bits per heavy atom. The van der Waals surface area contributed by atoms with Crippen LogP contribution >= 0.6 is 0 Å². The molecule has 0 aromatic carbocycles. The number of hydrogen-bond donors (Lipinski definition) is 2. The Balaban J connectivity index is 1.90. The molecule has 3 rings (SSSR count). The van der Waals surface area contributed by atoms with E-state index in [4.69, 9.17) is 11.7 Å². The molecule has 4 N–H and O–H groups in total. The largest absolute Gasteiger partial charge is 0.323 e. The van der Waals surface area contributed by atoms with Crippen LogP contribution in [0, 0.1) is 0 Å². The number of hydrazone groups is 2. The molecule has 0 amide bonds. The molecular weight excluding hydrogens is 238 g/mol. The quantitative estimate of drug-likeness (QED) is 0.544. The van der Waals surface area contributed by atoms with Crippen molar-refractivity contribution >= 4 is 17.1 Å². The number of fused-ring (bicyclic) bond motifs is 1. The van der Waals surface area contributed by atoms with Gasteiger partial charge in [0, 0.05) is 12.0 Å². The van der Waals surface area contributed by atoms with Crippen molar-refractivity contribution in [3.05, 3.63) is 59.4 Å². The van der Waals surface area contributed by atoms with E-state index in [2.05, 4.69) is 27.3 Å². The average molecular weight is 251 g/mol. The second-order valence-electron chi connectivity index (χ2n) is 4.33. The van der Waals surface area contributed by atoms with Gasteiger partial charge in [0.25, 0.3) is 0 Å². The maximum Gasteiger partial charge on any atom is 0.0848 e. The first-order chi connectivity index (χ1) is 9.30. The topological polar surface area (TPSA) is 89.1 Å². The predicted molar refractivity (Wildman–Crippen MR) is 77.8 cm³/mol. The first-order valence-electron chi connectivity index (χ1n) is 5.94. The molecule has 0 saturated heterocycles. The summed E-state index contributed by atoms with van der Waals surface area (Å²) in [7, 11) is 0. The van der Waals surface area contributed by atoms with Gasteiger partial charge < -0.3 is 11.7 Å². The predicted octanol–water partition coefficient (Wildman–Crippen LogP) is 1.34. The smallest absolute Gasteiger partial charge is 0.0848 e. The van der Waals surface area contributed by atoms with Crippen LogP contribution in [0.25, 0.3) is 0 Å². The Kier molecular flexibility index (Phi) is 2.72. The van der Waals surface area contributed by atoms with Crippen molar-refractivity contribution in [1.29, 1.82) is 0 Å². The lowest BCUT2D eigenvalue weighted by Gasteiger charge is -2.06. The molecule has 0 aromatic heterocycles. The summed E-state index contributed by atoms with van der Waals surface area (Å²) in [5.41, 5.74) is 5.59. The fourth-order valence-corrected chi connectivity index (χ4v) is 2.11. The van der Waals surface area contributed by atoms with Crippen LogP contribution in [0.2, 0.25) is 0 Å². The van der Waals surface area contributed by atoms with Gasteiger partial charge in [0.05, 0.1) is 22.8 Å². The van der Waals surface area contributed by atoms with Gasteiger partial charge in [-0.1, -0.05) is 18.2 Å². The molecule has 94 valence electrons. The van der Waals surface area contributed by atoms with E-state index in [0.29, 0.717) is 0 Å². The molecule has 0 unspecified atom stereocenters. The molecule has 0 bridgehead atoms. The zero-order valence-corrected chi connectivity index (χ0v) is 10.2. The highest BCUT2D eigenvalue weighted by molar-refractivity contribution is 6.17. The molecule has 0 radical (unpaired) electrons. The summed E-state index contributed by atoms with van der Waals surface area (Å²) in [4.78, 5) is 4.59. The van der Waals surface area contributed by atoms with Crippen molar-refractivity contribution in [1.82, 2.24) is 0 Å². The molecule has 0 spiro atoms. The third kappa shape index (κ3) is 2.06. The Hall–Kier alpha value is -2.69. The Morgan fingerprint density at radius 2 is 1.79 bits per heavy atom. The molecule has 1 heterocycles. The van der Waals surface area contributed by atoms with Crippen LogP contribution in [0.1, 0.15) is 6.42 Å². The Morgan fingerprint density at radius 3 is 2.47 bits per heavy atom. The molecule has 0 saturated carbocycles. The van der Waals surface area contributed by atoms with Crippen LogP contribution in [0.15, 0.2) is 74.6 Å². The van der Waals surface area contributed by atoms with Crippen molar-refractivity contribution in [2.45, 2.75) is 6.42 Å². The lowest BCUT2D eigenvalue weighted by molar-refractivity contribution is 1.21. The fraction of sp³-hybridized carbons (Fsp3) is 0.0714. The van der Waals surface area contributed by atoms with Crippen LogP contribution in [-0.2, 0) is 0 Å². The van der Waals surface area contributed by atoms with E-state index in [1.165, 1.54) is 0 Å². The minimum absolute atomic E-state index is 0.725. The number of allylic oxidation sites excluding steroid dienone is 8. The summed E-state index contributed by atoms with van der Waals surface area (Å²) in [6.07, 6.45) is 14.5. The first-order valence-corrected chi connectivity index (χ1v) is 5.94. The maximum atomic E-state index is 5.27. The molecule has 1 aliphatic heterocycles. The van der Waals surface area contributed by atoms with Crippen LogP contribution in [-0.4, -0.2) is 17.1 Å². The highest BCUT2D eigenvalue weighted by Crippen LogP contribution is 2.27. The van der Waals surface area contributed by atoms with Crippen molar-refractivity contribution in [2.24, 2.45) is 26.9 Å². The standard InChI is InChI=1S/C14H13N5/c15-18-11-4-1-9(2-5-11)13-7-10-3-6-12(19-16)8-14(10)17-13/h1-4,6-8H,5,15-16H2. The summed E-state index contributed by atoms with van der Waals surface area (Å²) in [5, 5.41) is 7.34. The molecule has 0 aromatic rings. The zero-order valence-electron chi connectivity index (χ0n) is 10.2. The third-order valence-corrected chi connectivity index (χ3v) is 3.14. The van der Waals surface area contributed by atoms with Crippen LogP contribution in [0.5, 0.6) is 0 Å². The van der Waals surface area contributed by atoms with Gasteiger partial charge in [-0.15, -0.1) is 0 Å². The van der Waals surface area contributed by atoms with Crippen LogP contribution in [0.4, 0.5) is 0 Å². The van der Waals surface area contributed by atoms with Crippen LogP contribution in [0.3, 0.4) is 0 Å². The molecule has 3 aliphatic rings. The van der Waals surface area contributed by atoms with E-state index >= 15 is 0 Å². The summed E-state index contributed by atoms with van der Waals surface area (Å²) in [6, 6.07) is 0. The minimum atomic E-state index is 0.725. The summed E-state index contributed by atoms with van der Waals surface area (Å²) in [6.45, 7) is 0. The van der Waals surface area contributed by atoms with Gasteiger partial charge in [-0.25, -0.2) is 4.99 Å². The van der Waals surface area contributed by atoms with E-state index in [1.807, 2.05) is 30.4 Å². The normalized spacial score (nSPS) is 25.1. The molecule has 5 nitrogen and oxygen atoms in total. The Bertz CT molecular complexity index is 666. The van der Waals surface area contributed by atoms with E-state index < -0.39 is 0 Å². The second kappa shape index (κ2) is 4.53. The van der Waals surface area contributed by atoms with Crippen molar-refractivity contribution in [2.75, 3.05) is 0 Å². The highest BCUT2D eigenvalue weighted by atomic mass is 15.1. The summed E-state index contributed by atoms with van der Waals surface area (Å²) >= 11 is 0. The minimum Gasteiger partial charge on any atom is -0.323 e. The molecule has 5 heteroatoms. The zero-order chi connectivity index (χ0) is 13.2. The summed E-state index contributed by atoms with van der Waals surface area (Å²) in [5.74, 6) is 10.5. The third-order valence-electron chi connectivity index (χ3n) is 3.14. The van der Waals surface area contributed by atoms with E-state index in [9.17, 15) is 0 Å². The fourth-order valence-electron chi connectivity index (χ4n) is 2.11. The monoisotopic (exact) mass is 251 g/mol. The van der Waals surface area contributed by atoms with Gasteiger partial charge in [0.2, 0.25) is 0 Å². The van der Waals surface area contributed by atoms with E-state index in [0.717, 1.165) is 40.4 Å². The lowest BCUT2D eigenvalue weighted by atomic mass is 10.0. The second-order valence-corrected chi connectivity index (χ2v) is 4.33. The van der Waals surface area contributed by atoms with Crippen molar-refractivity contribution < 1.29 is 0 Å². The lowest BCUT2D eigenvalue weighted by Crippen LogP contribution is -2.05. The van der Waals surface area contributed by atoms with Crippen molar-refractivity contribution in [3.8, 4) is 0 Å². The van der Waals surface area contributed by atoms with Gasteiger partial charge in [0.1, 0.15) is 0 Å². The molecule has 0 fully saturated rings. The van der Waals surface area contributed by atoms with Gasteiger partial charge >= 0.3 is 0 Å². The van der Waals surface area contributed by atoms with Crippen molar-refractivity contribution in [3.63, 3.8) is 0 Å². The maximum absolute atomic E-state index is 5.27. The van der Waals surface area contributed by atoms with Gasteiger partial charge in [-0.05, 0) is 29.9 Å². The highest BCUT2D eigenvalue weighted by Gasteiger charge is 2.18. The number of aliphatic imine (C=N–C) groups is 1. The first kappa shape index (κ1) is 11.4. The van der Waals surface area contributed by atoms with Gasteiger partial charge in [0.15, 0.2) is 0 Å².